The summed E-state index contributed by atoms with van der Waals surface area (Å²) in [5.41, 5.74) is 10.7. The third-order valence-corrected chi connectivity index (χ3v) is 9.47. The molecule has 5 aromatic carbocycles. The number of anilines is 3. The van der Waals surface area contributed by atoms with Gasteiger partial charge in [0.25, 0.3) is 0 Å². The lowest BCUT2D eigenvalue weighted by Crippen LogP contribution is -2.42. The van der Waals surface area contributed by atoms with E-state index in [1.54, 1.807) is 0 Å². The number of nitrogens with zero attached hydrogens (tertiary/aromatic N) is 4. The van der Waals surface area contributed by atoms with Crippen molar-refractivity contribution in [2.45, 2.75) is 24.7 Å². The van der Waals surface area contributed by atoms with Crippen molar-refractivity contribution in [3.05, 3.63) is 204 Å². The molecule has 1 aliphatic carbocycles. The van der Waals surface area contributed by atoms with Crippen LogP contribution in [0.2, 0.25) is 0 Å². The number of fused-ring (bicyclic) bond motifs is 2. The normalized spacial score (nSPS) is 14.2. The van der Waals surface area contributed by atoms with Crippen LogP contribution in [-0.4, -0.2) is 14.8 Å². The van der Waals surface area contributed by atoms with E-state index >= 15 is 0 Å². The van der Waals surface area contributed by atoms with E-state index in [1.807, 2.05) is 35.4 Å². The van der Waals surface area contributed by atoms with Crippen LogP contribution in [0.1, 0.15) is 47.4 Å². The molecule has 0 N–H and O–H groups in total. The van der Waals surface area contributed by atoms with Crippen LogP contribution in [-0.2, 0) is 10.8 Å². The maximum atomic E-state index is 5.10. The highest BCUT2D eigenvalue weighted by molar-refractivity contribution is 5.79. The molecule has 0 saturated carbocycles. The van der Waals surface area contributed by atoms with Crippen LogP contribution in [0.4, 0.5) is 17.1 Å². The van der Waals surface area contributed by atoms with Gasteiger partial charge in [0.2, 0.25) is 0 Å². The summed E-state index contributed by atoms with van der Waals surface area (Å²) in [5.74, 6) is 0. The molecule has 0 amide bonds. The fourth-order valence-corrected chi connectivity index (χ4v) is 7.42. The zero-order valence-electron chi connectivity index (χ0n) is 26.0. The van der Waals surface area contributed by atoms with E-state index in [0.29, 0.717) is 0 Å². The van der Waals surface area contributed by atoms with Crippen LogP contribution >= 0.6 is 0 Å². The third-order valence-electron chi connectivity index (χ3n) is 9.47. The van der Waals surface area contributed by atoms with Crippen molar-refractivity contribution in [2.75, 3.05) is 4.90 Å². The average Bonchev–Trinajstić information content (AvgIpc) is 3.66. The van der Waals surface area contributed by atoms with Gasteiger partial charge in [-0.25, -0.2) is 4.68 Å². The lowest BCUT2D eigenvalue weighted by molar-refractivity contribution is 0.552. The van der Waals surface area contributed by atoms with E-state index in [-0.39, 0.29) is 5.41 Å². The number of rotatable bonds is 6. The zero-order chi connectivity index (χ0) is 31.1. The molecular formula is C42H34N4. The highest BCUT2D eigenvalue weighted by Gasteiger charge is 2.49. The minimum Gasteiger partial charge on any atom is -0.310 e. The summed E-state index contributed by atoms with van der Waals surface area (Å²) >= 11 is 0. The largest absolute Gasteiger partial charge is 0.310 e. The second-order valence-electron chi connectivity index (χ2n) is 12.4. The van der Waals surface area contributed by atoms with Crippen LogP contribution in [0.3, 0.4) is 0 Å². The van der Waals surface area contributed by atoms with E-state index in [2.05, 4.69) is 163 Å². The first-order valence-corrected chi connectivity index (χ1v) is 15.8. The summed E-state index contributed by atoms with van der Waals surface area (Å²) in [7, 11) is 0. The molecule has 2 heterocycles. The predicted molar refractivity (Wildman–Crippen MR) is 186 cm³/mol. The summed E-state index contributed by atoms with van der Waals surface area (Å²) in [6.45, 7) is 4.68. The molecule has 1 aliphatic rings. The van der Waals surface area contributed by atoms with Gasteiger partial charge in [-0.1, -0.05) is 105 Å². The topological polar surface area (TPSA) is 34.0 Å². The molecule has 0 atom stereocenters. The van der Waals surface area contributed by atoms with Crippen LogP contribution in [0, 0.1) is 0 Å². The average molecular weight is 595 g/mol. The quantitative estimate of drug-likeness (QED) is 0.192. The van der Waals surface area contributed by atoms with Crippen LogP contribution < -0.4 is 4.90 Å². The van der Waals surface area contributed by atoms with Crippen molar-refractivity contribution in [1.29, 1.82) is 0 Å². The highest BCUT2D eigenvalue weighted by Crippen LogP contribution is 2.55. The van der Waals surface area contributed by atoms with Gasteiger partial charge in [-0.2, -0.15) is 5.10 Å². The number of benzene rings is 5. The zero-order valence-corrected chi connectivity index (χ0v) is 26.0. The monoisotopic (exact) mass is 594 g/mol. The van der Waals surface area contributed by atoms with Gasteiger partial charge in [0.05, 0.1) is 16.8 Å². The highest BCUT2D eigenvalue weighted by atomic mass is 15.3. The molecule has 0 unspecified atom stereocenters. The Morgan fingerprint density at radius 2 is 1.13 bits per heavy atom. The fraction of sp³-hybridized carbons (Fsp3) is 0.0952. The van der Waals surface area contributed by atoms with E-state index in [1.165, 1.54) is 27.8 Å². The summed E-state index contributed by atoms with van der Waals surface area (Å²) in [5, 5.41) is 4.50. The fourth-order valence-electron chi connectivity index (χ4n) is 7.42. The second kappa shape index (κ2) is 11.0. The first-order valence-electron chi connectivity index (χ1n) is 15.8. The van der Waals surface area contributed by atoms with E-state index < -0.39 is 5.41 Å². The first kappa shape index (κ1) is 27.8. The van der Waals surface area contributed by atoms with Gasteiger partial charge in [0.1, 0.15) is 0 Å². The van der Waals surface area contributed by atoms with Crippen molar-refractivity contribution >= 4 is 17.1 Å². The van der Waals surface area contributed by atoms with Gasteiger partial charge in [-0.05, 0) is 88.5 Å². The van der Waals surface area contributed by atoms with Crippen molar-refractivity contribution in [2.24, 2.45) is 0 Å². The Morgan fingerprint density at radius 3 is 1.78 bits per heavy atom. The van der Waals surface area contributed by atoms with Crippen LogP contribution in [0.25, 0.3) is 5.69 Å². The molecule has 0 aliphatic heterocycles. The molecule has 0 radical (unpaired) electrons. The number of para-hydroxylation sites is 1. The van der Waals surface area contributed by atoms with Gasteiger partial charge in [0, 0.05) is 41.1 Å². The maximum absolute atomic E-state index is 5.10. The Morgan fingerprint density at radius 1 is 0.522 bits per heavy atom. The Labute approximate surface area is 270 Å². The van der Waals surface area contributed by atoms with Crippen molar-refractivity contribution in [1.82, 2.24) is 14.8 Å². The number of pyridine rings is 1. The van der Waals surface area contributed by atoms with Gasteiger partial charge in [-0.3, -0.25) is 4.98 Å². The predicted octanol–water partition coefficient (Wildman–Crippen LogP) is 9.76. The molecule has 8 rings (SSSR count). The minimum absolute atomic E-state index is 0.175. The maximum Gasteiger partial charge on any atom is 0.0880 e. The third kappa shape index (κ3) is 4.29. The molecule has 7 aromatic rings. The van der Waals surface area contributed by atoms with Gasteiger partial charge in [0.15, 0.2) is 0 Å². The van der Waals surface area contributed by atoms with E-state index in [0.717, 1.165) is 28.4 Å². The Balaban J connectivity index is 1.41. The van der Waals surface area contributed by atoms with Crippen molar-refractivity contribution in [3.63, 3.8) is 0 Å². The Kier molecular flexibility index (Phi) is 6.65. The molecule has 4 nitrogen and oxygen atoms in total. The molecule has 0 saturated heterocycles. The lowest BCUT2D eigenvalue weighted by Gasteiger charge is -2.47. The smallest absolute Gasteiger partial charge is 0.0880 e. The summed E-state index contributed by atoms with van der Waals surface area (Å²) in [4.78, 5) is 7.43. The molecule has 2 aromatic heterocycles. The molecular weight excluding hydrogens is 560 g/mol. The van der Waals surface area contributed by atoms with Crippen LogP contribution in [0.5, 0.6) is 0 Å². The molecule has 222 valence electrons. The number of hydrogen-bond acceptors (Lipinski definition) is 3. The number of aromatic nitrogens is 3. The SMILES string of the molecule is CC1(C)c2ccccc2C(c2cccc(N(c3ccccc3)c3cccc(-n4cccn4)c3)c2)(c2ccccn2)c2ccccc21. The Hall–Kier alpha value is -5.74. The van der Waals surface area contributed by atoms with Crippen molar-refractivity contribution in [3.8, 4) is 5.69 Å². The van der Waals surface area contributed by atoms with Gasteiger partial charge < -0.3 is 4.90 Å². The van der Waals surface area contributed by atoms with Gasteiger partial charge in [-0.15, -0.1) is 0 Å². The lowest BCUT2D eigenvalue weighted by atomic mass is 9.55. The van der Waals surface area contributed by atoms with E-state index in [4.69, 9.17) is 4.98 Å². The summed E-state index contributed by atoms with van der Waals surface area (Å²) in [6.07, 6.45) is 5.70. The van der Waals surface area contributed by atoms with Gasteiger partial charge >= 0.3 is 0 Å². The number of hydrogen-bond donors (Lipinski definition) is 0. The first-order chi connectivity index (χ1) is 22.6. The molecule has 0 fully saturated rings. The summed E-state index contributed by atoms with van der Waals surface area (Å²) < 4.78 is 1.90. The minimum atomic E-state index is -0.626. The molecule has 0 spiro atoms. The standard InChI is InChI=1S/C42H34N4/c1-41(2)36-21-6-8-23-38(36)42(40-25-10-11-26-43-40,39-24-9-7-22-37(39)41)31-15-12-19-34(29-31)46(32-16-4-3-5-17-32)35-20-13-18-33(30-35)45-28-14-27-44-45/h3-30H,1-2H3. The second-order valence-corrected chi connectivity index (χ2v) is 12.4. The van der Waals surface area contributed by atoms with E-state index in [9.17, 15) is 0 Å². The van der Waals surface area contributed by atoms with Crippen LogP contribution in [0.15, 0.2) is 170 Å². The molecule has 4 heteroatoms. The Bertz CT molecular complexity index is 2080. The van der Waals surface area contributed by atoms with Crippen molar-refractivity contribution < 1.29 is 0 Å². The molecule has 46 heavy (non-hydrogen) atoms. The molecule has 0 bridgehead atoms. The summed E-state index contributed by atoms with van der Waals surface area (Å²) in [6, 6.07) is 54.2.